The molecule has 1 N–H and O–H groups in total. The summed E-state index contributed by atoms with van der Waals surface area (Å²) in [7, 11) is 2.08. The van der Waals surface area contributed by atoms with Crippen molar-refractivity contribution in [3.63, 3.8) is 0 Å². The van der Waals surface area contributed by atoms with Crippen LogP contribution in [0.5, 0.6) is 0 Å². The first-order valence-corrected chi connectivity index (χ1v) is 12.6. The summed E-state index contributed by atoms with van der Waals surface area (Å²) in [6.07, 6.45) is 10.5. The van der Waals surface area contributed by atoms with Crippen LogP contribution in [-0.4, -0.2) is 24.7 Å². The van der Waals surface area contributed by atoms with Gasteiger partial charge in [0.05, 0.1) is 22.0 Å². The molecule has 5 rings (SSSR count). The van der Waals surface area contributed by atoms with Crippen LogP contribution < -0.4 is 9.80 Å². The summed E-state index contributed by atoms with van der Waals surface area (Å²) in [6, 6.07) is 17.9. The Balaban J connectivity index is 1.71. The van der Waals surface area contributed by atoms with Crippen molar-refractivity contribution in [2.24, 2.45) is 0 Å². The molecule has 6 heteroatoms. The molecule has 3 aromatic rings. The van der Waals surface area contributed by atoms with Gasteiger partial charge in [-0.25, -0.2) is 4.79 Å². The highest BCUT2D eigenvalue weighted by molar-refractivity contribution is 7.80. The van der Waals surface area contributed by atoms with Gasteiger partial charge in [0.2, 0.25) is 0 Å². The van der Waals surface area contributed by atoms with Gasteiger partial charge in [-0.2, -0.15) is 0 Å². The average molecular weight is 503 g/mol. The van der Waals surface area contributed by atoms with Crippen molar-refractivity contribution >= 4 is 47.3 Å². The zero-order chi connectivity index (χ0) is 24.5. The first-order valence-electron chi connectivity index (χ1n) is 11.8. The number of anilines is 3. The number of allylic oxidation sites excluding steroid dienone is 4. The van der Waals surface area contributed by atoms with Gasteiger partial charge in [0.25, 0.3) is 0 Å². The van der Waals surface area contributed by atoms with Gasteiger partial charge in [-0.05, 0) is 73.2 Å². The molecule has 1 aliphatic carbocycles. The molecule has 178 valence electrons. The van der Waals surface area contributed by atoms with Crippen molar-refractivity contribution in [2.75, 3.05) is 23.4 Å². The number of hydrogen-bond donors (Lipinski definition) is 2. The summed E-state index contributed by atoms with van der Waals surface area (Å²) < 4.78 is 0. The molecular weight excluding hydrogens is 476 g/mol. The van der Waals surface area contributed by atoms with Crippen LogP contribution in [0.2, 0.25) is 5.02 Å². The summed E-state index contributed by atoms with van der Waals surface area (Å²) in [5, 5.41) is 9.90. The number of benzene rings is 3. The molecular formula is C29H27ClN2O2S. The van der Waals surface area contributed by atoms with Crippen LogP contribution in [0.15, 0.2) is 83.4 Å². The number of carbonyl (C=O) groups is 1. The minimum Gasteiger partial charge on any atom is -0.478 e. The number of rotatable bonds is 5. The highest BCUT2D eigenvalue weighted by atomic mass is 35.5. The number of thiol groups is 1. The van der Waals surface area contributed by atoms with Gasteiger partial charge >= 0.3 is 5.97 Å². The van der Waals surface area contributed by atoms with Crippen molar-refractivity contribution in [3.05, 3.63) is 94.7 Å². The molecule has 2 aliphatic rings. The van der Waals surface area contributed by atoms with E-state index < -0.39 is 5.97 Å². The molecule has 0 unspecified atom stereocenters. The number of carboxylic acid groups (broad SMARTS) is 1. The van der Waals surface area contributed by atoms with Crippen LogP contribution >= 0.6 is 24.2 Å². The van der Waals surface area contributed by atoms with Crippen molar-refractivity contribution < 1.29 is 9.90 Å². The van der Waals surface area contributed by atoms with Gasteiger partial charge in [-0.1, -0.05) is 48.0 Å². The quantitative estimate of drug-likeness (QED) is 0.350. The van der Waals surface area contributed by atoms with Crippen LogP contribution in [0, 0.1) is 0 Å². The van der Waals surface area contributed by atoms with E-state index in [-0.39, 0.29) is 10.6 Å². The number of hydrogen-bond acceptors (Lipinski definition) is 4. The predicted octanol–water partition coefficient (Wildman–Crippen LogP) is 7.75. The van der Waals surface area contributed by atoms with Crippen LogP contribution in [0.4, 0.5) is 17.1 Å². The fraction of sp³-hybridized carbons (Fsp3) is 0.207. The third kappa shape index (κ3) is 4.58. The van der Waals surface area contributed by atoms with Gasteiger partial charge in [0.1, 0.15) is 0 Å². The van der Waals surface area contributed by atoms with E-state index >= 15 is 0 Å². The Bertz CT molecular complexity index is 1360. The highest BCUT2D eigenvalue weighted by Crippen LogP contribution is 2.44. The maximum atomic E-state index is 11.8. The number of halogens is 1. The summed E-state index contributed by atoms with van der Waals surface area (Å²) >= 11 is 11.1. The number of para-hydroxylation sites is 1. The second kappa shape index (κ2) is 9.84. The molecule has 3 aromatic carbocycles. The fourth-order valence-electron chi connectivity index (χ4n) is 4.95. The monoisotopic (exact) mass is 502 g/mol. The summed E-state index contributed by atoms with van der Waals surface area (Å²) in [6.45, 7) is 0.879. The minimum absolute atomic E-state index is 0.0928. The number of aromatic carboxylic acids is 1. The summed E-state index contributed by atoms with van der Waals surface area (Å²) in [5.41, 5.74) is 7.61. The smallest absolute Gasteiger partial charge is 0.337 e. The van der Waals surface area contributed by atoms with E-state index in [0.29, 0.717) is 0 Å². The second-order valence-corrected chi connectivity index (χ2v) is 9.81. The molecule has 0 fully saturated rings. The number of aryl methyl sites for hydroxylation is 1. The maximum absolute atomic E-state index is 11.8. The fourth-order valence-corrected chi connectivity index (χ4v) is 5.50. The lowest BCUT2D eigenvalue weighted by Gasteiger charge is -2.35. The van der Waals surface area contributed by atoms with Crippen LogP contribution in [-0.2, 0) is 6.42 Å². The van der Waals surface area contributed by atoms with Gasteiger partial charge in [-0.15, -0.1) is 12.6 Å². The van der Waals surface area contributed by atoms with Gasteiger partial charge < -0.3 is 14.9 Å². The van der Waals surface area contributed by atoms with E-state index in [0.717, 1.165) is 59.6 Å². The molecule has 0 bridgehead atoms. The van der Waals surface area contributed by atoms with Gasteiger partial charge in [0.15, 0.2) is 0 Å². The van der Waals surface area contributed by atoms with E-state index in [1.165, 1.54) is 16.9 Å². The zero-order valence-corrected chi connectivity index (χ0v) is 21.2. The Kier molecular flexibility index (Phi) is 6.63. The van der Waals surface area contributed by atoms with E-state index in [1.807, 2.05) is 6.07 Å². The molecule has 1 aliphatic heterocycles. The molecule has 0 saturated heterocycles. The third-order valence-electron chi connectivity index (χ3n) is 6.79. The zero-order valence-electron chi connectivity index (χ0n) is 19.5. The largest absolute Gasteiger partial charge is 0.478 e. The van der Waals surface area contributed by atoms with Crippen molar-refractivity contribution in [2.45, 2.75) is 30.6 Å². The lowest BCUT2D eigenvalue weighted by atomic mass is 9.96. The van der Waals surface area contributed by atoms with Gasteiger partial charge in [0, 0.05) is 35.4 Å². The van der Waals surface area contributed by atoms with E-state index in [4.69, 9.17) is 24.2 Å². The molecule has 0 spiro atoms. The van der Waals surface area contributed by atoms with Crippen molar-refractivity contribution in [3.8, 4) is 11.1 Å². The van der Waals surface area contributed by atoms with E-state index in [2.05, 4.69) is 71.5 Å². The average Bonchev–Trinajstić information content (AvgIpc) is 2.88. The summed E-state index contributed by atoms with van der Waals surface area (Å²) in [5.74, 6) is -1.04. The molecule has 35 heavy (non-hydrogen) atoms. The minimum atomic E-state index is -1.04. The van der Waals surface area contributed by atoms with Crippen LogP contribution in [0.25, 0.3) is 11.1 Å². The number of carboxylic acids is 1. The molecule has 0 atom stereocenters. The lowest BCUT2D eigenvalue weighted by molar-refractivity contribution is 0.0697. The lowest BCUT2D eigenvalue weighted by Crippen LogP contribution is -2.26. The highest BCUT2D eigenvalue weighted by Gasteiger charge is 2.24. The van der Waals surface area contributed by atoms with Crippen LogP contribution in [0.1, 0.15) is 35.2 Å². The van der Waals surface area contributed by atoms with Crippen molar-refractivity contribution in [1.82, 2.24) is 0 Å². The predicted molar refractivity (Wildman–Crippen MR) is 148 cm³/mol. The number of nitrogens with zero attached hydrogens (tertiary/aromatic N) is 2. The van der Waals surface area contributed by atoms with Crippen LogP contribution in [0.3, 0.4) is 0 Å². The molecule has 0 saturated carbocycles. The maximum Gasteiger partial charge on any atom is 0.337 e. The first-order chi connectivity index (χ1) is 16.9. The Morgan fingerprint density at radius 3 is 2.69 bits per heavy atom. The number of fused-ring (bicyclic) bond motifs is 1. The Morgan fingerprint density at radius 1 is 1.09 bits per heavy atom. The molecule has 1 heterocycles. The molecule has 0 amide bonds. The Morgan fingerprint density at radius 2 is 1.91 bits per heavy atom. The molecule has 4 nitrogen and oxygen atoms in total. The molecule has 0 radical (unpaired) electrons. The first kappa shape index (κ1) is 23.6. The Hall–Kier alpha value is -3.15. The second-order valence-electron chi connectivity index (χ2n) is 8.93. The van der Waals surface area contributed by atoms with E-state index in [9.17, 15) is 9.90 Å². The van der Waals surface area contributed by atoms with Gasteiger partial charge in [-0.3, -0.25) is 0 Å². The van der Waals surface area contributed by atoms with E-state index in [1.54, 1.807) is 12.1 Å². The standard InChI is InChI=1S/C29H27ClN2O2S/c1-31(21-10-3-2-4-11-21)27-18-26(32-15-7-9-19-8-5-6-12-25(19)32)22(17-28(27)35)20-13-14-24(30)23(16-20)29(33)34/h2-3,5-6,8,10,12-14,16-18,35H,4,7,9,11,15H2,1H3,(H,33,34). The molecule has 0 aromatic heterocycles. The normalized spacial score (nSPS) is 14.9. The topological polar surface area (TPSA) is 43.8 Å². The summed E-state index contributed by atoms with van der Waals surface area (Å²) in [4.78, 5) is 17.2. The van der Waals surface area contributed by atoms with Crippen molar-refractivity contribution in [1.29, 1.82) is 0 Å². The Labute approximate surface area is 216 Å². The third-order valence-corrected chi connectivity index (χ3v) is 7.47. The SMILES string of the molecule is CN(C1=CC=CCC1)c1cc(N2CCCc3ccccc32)c(-c2ccc(Cl)c(C(=O)O)c2)cc1S.